The molecule has 0 fully saturated rings. The second-order valence-corrected chi connectivity index (χ2v) is 5.46. The standard InChI is InChI=1S/C19H24N2O2/c1-15(14-20-2)19(22)21-12-13-23-18-11-7-6-10-17(18)16-8-4-3-5-9-16/h3-11,15,20H,12-14H2,1-2H3,(H,21,22). The van der Waals surface area contributed by atoms with Gasteiger partial charge in [0.25, 0.3) is 0 Å². The molecule has 23 heavy (non-hydrogen) atoms. The highest BCUT2D eigenvalue weighted by molar-refractivity contribution is 5.78. The minimum atomic E-state index is -0.0448. The predicted molar refractivity (Wildman–Crippen MR) is 93.5 cm³/mol. The van der Waals surface area contributed by atoms with Crippen molar-refractivity contribution in [2.24, 2.45) is 5.92 Å². The lowest BCUT2D eigenvalue weighted by atomic mass is 10.1. The average Bonchev–Trinajstić information content (AvgIpc) is 2.60. The van der Waals surface area contributed by atoms with Crippen LogP contribution in [0.2, 0.25) is 0 Å². The summed E-state index contributed by atoms with van der Waals surface area (Å²) in [6.07, 6.45) is 0. The molecule has 0 saturated carbocycles. The molecule has 0 bridgehead atoms. The summed E-state index contributed by atoms with van der Waals surface area (Å²) >= 11 is 0. The maximum absolute atomic E-state index is 11.8. The van der Waals surface area contributed by atoms with Crippen LogP contribution >= 0.6 is 0 Å². The number of hydrogen-bond donors (Lipinski definition) is 2. The molecule has 2 N–H and O–H groups in total. The van der Waals surface area contributed by atoms with E-state index in [1.165, 1.54) is 0 Å². The van der Waals surface area contributed by atoms with Crippen molar-refractivity contribution >= 4 is 5.91 Å². The Labute approximate surface area is 137 Å². The number of ether oxygens (including phenoxy) is 1. The number of hydrogen-bond acceptors (Lipinski definition) is 3. The number of carbonyl (C=O) groups excluding carboxylic acids is 1. The molecule has 0 heterocycles. The van der Waals surface area contributed by atoms with Crippen molar-refractivity contribution in [1.29, 1.82) is 0 Å². The molecule has 4 nitrogen and oxygen atoms in total. The van der Waals surface area contributed by atoms with E-state index >= 15 is 0 Å². The van der Waals surface area contributed by atoms with Crippen LogP contribution < -0.4 is 15.4 Å². The van der Waals surface area contributed by atoms with Crippen LogP contribution in [-0.2, 0) is 4.79 Å². The first-order valence-electron chi connectivity index (χ1n) is 7.92. The Kier molecular flexibility index (Phi) is 6.63. The third kappa shape index (κ3) is 5.11. The largest absolute Gasteiger partial charge is 0.491 e. The molecule has 0 aliphatic carbocycles. The lowest BCUT2D eigenvalue weighted by Gasteiger charge is -2.14. The van der Waals surface area contributed by atoms with Gasteiger partial charge in [-0.2, -0.15) is 0 Å². The molecule has 0 aliphatic rings. The minimum absolute atomic E-state index is 0.0410. The number of benzene rings is 2. The monoisotopic (exact) mass is 312 g/mol. The number of rotatable bonds is 8. The fourth-order valence-electron chi connectivity index (χ4n) is 2.36. The molecule has 0 aromatic heterocycles. The Morgan fingerprint density at radius 1 is 1.09 bits per heavy atom. The Bertz CT molecular complexity index is 614. The summed E-state index contributed by atoms with van der Waals surface area (Å²) < 4.78 is 5.85. The molecule has 2 aromatic carbocycles. The normalized spacial score (nSPS) is 11.7. The van der Waals surface area contributed by atoms with E-state index in [1.807, 2.05) is 56.4 Å². The smallest absolute Gasteiger partial charge is 0.224 e. The lowest BCUT2D eigenvalue weighted by Crippen LogP contribution is -2.36. The Morgan fingerprint density at radius 2 is 1.78 bits per heavy atom. The molecule has 0 aliphatic heterocycles. The van der Waals surface area contributed by atoms with Gasteiger partial charge in [0.05, 0.1) is 6.54 Å². The molecule has 1 amide bonds. The van der Waals surface area contributed by atoms with Crippen LogP contribution in [0.5, 0.6) is 5.75 Å². The van der Waals surface area contributed by atoms with Gasteiger partial charge in [-0.05, 0) is 18.7 Å². The zero-order valence-corrected chi connectivity index (χ0v) is 13.7. The van der Waals surface area contributed by atoms with Crippen molar-refractivity contribution in [3.63, 3.8) is 0 Å². The zero-order valence-electron chi connectivity index (χ0n) is 13.7. The van der Waals surface area contributed by atoms with Gasteiger partial charge < -0.3 is 15.4 Å². The number of amides is 1. The van der Waals surface area contributed by atoms with Crippen LogP contribution in [0.1, 0.15) is 6.92 Å². The van der Waals surface area contributed by atoms with Crippen molar-refractivity contribution in [3.05, 3.63) is 54.6 Å². The van der Waals surface area contributed by atoms with Crippen LogP contribution in [0, 0.1) is 5.92 Å². The lowest BCUT2D eigenvalue weighted by molar-refractivity contribution is -0.124. The summed E-state index contributed by atoms with van der Waals surface area (Å²) in [5.74, 6) is 0.826. The van der Waals surface area contributed by atoms with E-state index in [4.69, 9.17) is 4.74 Å². The van der Waals surface area contributed by atoms with Gasteiger partial charge in [0, 0.05) is 18.0 Å². The van der Waals surface area contributed by atoms with Gasteiger partial charge >= 0.3 is 0 Å². The summed E-state index contributed by atoms with van der Waals surface area (Å²) in [4.78, 5) is 11.8. The molecule has 2 rings (SSSR count). The topological polar surface area (TPSA) is 50.4 Å². The van der Waals surface area contributed by atoms with E-state index in [0.717, 1.165) is 16.9 Å². The summed E-state index contributed by atoms with van der Waals surface area (Å²) in [6, 6.07) is 18.1. The van der Waals surface area contributed by atoms with E-state index in [2.05, 4.69) is 22.8 Å². The maximum atomic E-state index is 11.8. The van der Waals surface area contributed by atoms with Crippen LogP contribution in [0.15, 0.2) is 54.6 Å². The van der Waals surface area contributed by atoms with E-state index in [1.54, 1.807) is 0 Å². The predicted octanol–water partition coefficient (Wildman–Crippen LogP) is 2.70. The molecule has 4 heteroatoms. The van der Waals surface area contributed by atoms with Gasteiger partial charge in [0.1, 0.15) is 12.4 Å². The Hall–Kier alpha value is -2.33. The quantitative estimate of drug-likeness (QED) is 0.737. The van der Waals surface area contributed by atoms with Crippen LogP contribution in [0.3, 0.4) is 0 Å². The summed E-state index contributed by atoms with van der Waals surface area (Å²) in [6.45, 7) is 3.51. The zero-order chi connectivity index (χ0) is 16.5. The molecule has 1 unspecified atom stereocenters. The maximum Gasteiger partial charge on any atom is 0.224 e. The molecule has 122 valence electrons. The van der Waals surface area contributed by atoms with E-state index in [9.17, 15) is 4.79 Å². The molecule has 2 aromatic rings. The summed E-state index contributed by atoms with van der Waals surface area (Å²) in [5.41, 5.74) is 2.18. The first-order chi connectivity index (χ1) is 11.2. The van der Waals surface area contributed by atoms with Gasteiger partial charge in [-0.25, -0.2) is 0 Å². The van der Waals surface area contributed by atoms with Crippen molar-refractivity contribution in [2.45, 2.75) is 6.92 Å². The van der Waals surface area contributed by atoms with Gasteiger partial charge in [0.15, 0.2) is 0 Å². The van der Waals surface area contributed by atoms with Gasteiger partial charge in [-0.1, -0.05) is 55.5 Å². The average molecular weight is 312 g/mol. The molecule has 0 radical (unpaired) electrons. The first kappa shape index (κ1) is 17.0. The molecule has 1 atom stereocenters. The van der Waals surface area contributed by atoms with Crippen LogP contribution in [0.4, 0.5) is 0 Å². The third-order valence-electron chi connectivity index (χ3n) is 3.59. The number of carbonyl (C=O) groups is 1. The highest BCUT2D eigenvalue weighted by atomic mass is 16.5. The Morgan fingerprint density at radius 3 is 2.52 bits per heavy atom. The second kappa shape index (κ2) is 8.96. The molecular weight excluding hydrogens is 288 g/mol. The van der Waals surface area contributed by atoms with Crippen molar-refractivity contribution < 1.29 is 9.53 Å². The first-order valence-corrected chi connectivity index (χ1v) is 7.92. The van der Waals surface area contributed by atoms with Gasteiger partial charge in [0.2, 0.25) is 5.91 Å². The van der Waals surface area contributed by atoms with E-state index in [-0.39, 0.29) is 11.8 Å². The number of para-hydroxylation sites is 1. The van der Waals surface area contributed by atoms with Crippen molar-refractivity contribution in [2.75, 3.05) is 26.7 Å². The highest BCUT2D eigenvalue weighted by Gasteiger charge is 2.11. The van der Waals surface area contributed by atoms with Crippen LogP contribution in [0.25, 0.3) is 11.1 Å². The van der Waals surface area contributed by atoms with Crippen molar-refractivity contribution in [3.8, 4) is 16.9 Å². The van der Waals surface area contributed by atoms with Gasteiger partial charge in [-0.3, -0.25) is 4.79 Å². The Balaban J connectivity index is 1.88. The van der Waals surface area contributed by atoms with E-state index in [0.29, 0.717) is 19.7 Å². The molecule has 0 saturated heterocycles. The highest BCUT2D eigenvalue weighted by Crippen LogP contribution is 2.29. The third-order valence-corrected chi connectivity index (χ3v) is 3.59. The number of nitrogens with one attached hydrogen (secondary N) is 2. The SMILES string of the molecule is CNCC(C)C(=O)NCCOc1ccccc1-c1ccccc1. The molecular formula is C19H24N2O2. The summed E-state index contributed by atoms with van der Waals surface area (Å²) in [7, 11) is 1.84. The minimum Gasteiger partial charge on any atom is -0.491 e. The van der Waals surface area contributed by atoms with Crippen LogP contribution in [-0.4, -0.2) is 32.7 Å². The summed E-state index contributed by atoms with van der Waals surface area (Å²) in [5, 5.41) is 5.89. The molecule has 0 spiro atoms. The second-order valence-electron chi connectivity index (χ2n) is 5.46. The van der Waals surface area contributed by atoms with Gasteiger partial charge in [-0.15, -0.1) is 0 Å². The van der Waals surface area contributed by atoms with E-state index < -0.39 is 0 Å². The fourth-order valence-corrected chi connectivity index (χ4v) is 2.36. The fraction of sp³-hybridized carbons (Fsp3) is 0.316. The van der Waals surface area contributed by atoms with Crippen molar-refractivity contribution in [1.82, 2.24) is 10.6 Å².